The maximum atomic E-state index is 3.35. The summed E-state index contributed by atoms with van der Waals surface area (Å²) in [4.78, 5) is 0. The van der Waals surface area contributed by atoms with Gasteiger partial charge in [-0.15, -0.1) is 0 Å². The van der Waals surface area contributed by atoms with E-state index < -0.39 is 0 Å². The summed E-state index contributed by atoms with van der Waals surface area (Å²) in [5.41, 5.74) is 2.80. The van der Waals surface area contributed by atoms with Gasteiger partial charge in [-0.2, -0.15) is 0 Å². The molecule has 18 heavy (non-hydrogen) atoms. The Bertz CT molecular complexity index is 445. The summed E-state index contributed by atoms with van der Waals surface area (Å²) in [7, 11) is 0. The first kappa shape index (κ1) is 12.9. The van der Waals surface area contributed by atoms with E-state index in [-0.39, 0.29) is 0 Å². The second kappa shape index (κ2) is 7.02. The Morgan fingerprint density at radius 2 is 1.89 bits per heavy atom. The van der Waals surface area contributed by atoms with Gasteiger partial charge in [0.25, 0.3) is 0 Å². The molecule has 1 N–H and O–H groups in total. The number of aryl methyl sites for hydroxylation is 2. The molecule has 0 amide bonds. The highest BCUT2D eigenvalue weighted by Crippen LogP contribution is 2.06. The predicted octanol–water partition coefficient (Wildman–Crippen LogP) is 3.23. The zero-order valence-electron chi connectivity index (χ0n) is 11.1. The zero-order chi connectivity index (χ0) is 12.6. The average molecular weight is 242 g/mol. The van der Waals surface area contributed by atoms with Crippen LogP contribution in [0, 0.1) is 0 Å². The Labute approximate surface area is 110 Å². The van der Waals surface area contributed by atoms with Gasteiger partial charge in [-0.1, -0.05) is 37.3 Å². The van der Waals surface area contributed by atoms with E-state index in [0.717, 1.165) is 26.1 Å². The Hall–Kier alpha value is -1.54. The lowest BCUT2D eigenvalue weighted by atomic mass is 10.1. The van der Waals surface area contributed by atoms with Gasteiger partial charge in [0.05, 0.1) is 0 Å². The van der Waals surface area contributed by atoms with E-state index in [4.69, 9.17) is 0 Å². The second-order valence-corrected chi connectivity index (χ2v) is 4.63. The number of benzene rings is 1. The highest BCUT2D eigenvalue weighted by atomic mass is 14.9. The molecule has 0 bridgehead atoms. The van der Waals surface area contributed by atoms with E-state index in [1.165, 1.54) is 17.5 Å². The van der Waals surface area contributed by atoms with Crippen molar-refractivity contribution in [3.8, 4) is 0 Å². The first-order valence-corrected chi connectivity index (χ1v) is 6.78. The standard InChI is InChI=1S/C16H22N2/c1-2-17-13-16-10-12-18(14-16)11-6-9-15-7-4-3-5-8-15/h3-5,7-8,10,12,14,17H,2,6,9,11,13H2,1H3. The zero-order valence-corrected chi connectivity index (χ0v) is 11.1. The molecular formula is C16H22N2. The smallest absolute Gasteiger partial charge is 0.0222 e. The Morgan fingerprint density at radius 3 is 2.67 bits per heavy atom. The van der Waals surface area contributed by atoms with Crippen LogP contribution in [-0.2, 0) is 19.5 Å². The van der Waals surface area contributed by atoms with Crippen molar-refractivity contribution in [3.63, 3.8) is 0 Å². The fourth-order valence-corrected chi connectivity index (χ4v) is 2.11. The molecule has 0 fully saturated rings. The molecule has 2 aromatic rings. The van der Waals surface area contributed by atoms with E-state index in [1.54, 1.807) is 0 Å². The van der Waals surface area contributed by atoms with Gasteiger partial charge < -0.3 is 9.88 Å². The van der Waals surface area contributed by atoms with Gasteiger partial charge in [0, 0.05) is 25.5 Å². The number of rotatable bonds is 7. The van der Waals surface area contributed by atoms with Crippen molar-refractivity contribution in [2.75, 3.05) is 6.54 Å². The molecule has 2 nitrogen and oxygen atoms in total. The van der Waals surface area contributed by atoms with Crippen molar-refractivity contribution >= 4 is 0 Å². The molecule has 0 unspecified atom stereocenters. The fourth-order valence-electron chi connectivity index (χ4n) is 2.11. The molecule has 0 aliphatic carbocycles. The molecular weight excluding hydrogens is 220 g/mol. The third-order valence-corrected chi connectivity index (χ3v) is 3.12. The van der Waals surface area contributed by atoms with Crippen LogP contribution >= 0.6 is 0 Å². The Morgan fingerprint density at radius 1 is 1.06 bits per heavy atom. The van der Waals surface area contributed by atoms with Gasteiger partial charge in [-0.05, 0) is 36.6 Å². The average Bonchev–Trinajstić information content (AvgIpc) is 2.85. The van der Waals surface area contributed by atoms with E-state index in [1.807, 2.05) is 0 Å². The quantitative estimate of drug-likeness (QED) is 0.788. The van der Waals surface area contributed by atoms with Crippen molar-refractivity contribution in [2.24, 2.45) is 0 Å². The minimum atomic E-state index is 0.974. The molecule has 0 saturated heterocycles. The lowest BCUT2D eigenvalue weighted by Gasteiger charge is -2.03. The molecule has 0 radical (unpaired) electrons. The number of hydrogen-bond donors (Lipinski definition) is 1. The van der Waals surface area contributed by atoms with Crippen LogP contribution in [0.5, 0.6) is 0 Å². The summed E-state index contributed by atoms with van der Waals surface area (Å²) in [5.74, 6) is 0. The molecule has 1 heterocycles. The second-order valence-electron chi connectivity index (χ2n) is 4.63. The highest BCUT2D eigenvalue weighted by Gasteiger charge is 1.97. The predicted molar refractivity (Wildman–Crippen MR) is 76.6 cm³/mol. The van der Waals surface area contributed by atoms with Gasteiger partial charge in [-0.25, -0.2) is 0 Å². The van der Waals surface area contributed by atoms with Crippen LogP contribution in [0.1, 0.15) is 24.5 Å². The van der Waals surface area contributed by atoms with Crippen LogP contribution in [-0.4, -0.2) is 11.1 Å². The van der Waals surface area contributed by atoms with E-state index >= 15 is 0 Å². The van der Waals surface area contributed by atoms with Crippen molar-refractivity contribution in [2.45, 2.75) is 32.9 Å². The van der Waals surface area contributed by atoms with Gasteiger partial charge in [0.15, 0.2) is 0 Å². The van der Waals surface area contributed by atoms with E-state index in [0.29, 0.717) is 0 Å². The summed E-state index contributed by atoms with van der Waals surface area (Å²) in [6.07, 6.45) is 6.77. The van der Waals surface area contributed by atoms with Crippen molar-refractivity contribution < 1.29 is 0 Å². The third-order valence-electron chi connectivity index (χ3n) is 3.12. The summed E-state index contributed by atoms with van der Waals surface area (Å²) in [5, 5.41) is 3.35. The normalized spacial score (nSPS) is 10.7. The van der Waals surface area contributed by atoms with Crippen LogP contribution in [0.15, 0.2) is 48.8 Å². The van der Waals surface area contributed by atoms with Crippen LogP contribution in [0.2, 0.25) is 0 Å². The summed E-state index contributed by atoms with van der Waals surface area (Å²) in [6, 6.07) is 12.9. The lowest BCUT2D eigenvalue weighted by Crippen LogP contribution is -2.11. The number of hydrogen-bond acceptors (Lipinski definition) is 1. The topological polar surface area (TPSA) is 17.0 Å². The largest absolute Gasteiger partial charge is 0.354 e. The fraction of sp³-hybridized carbons (Fsp3) is 0.375. The Kier molecular flexibility index (Phi) is 5.03. The summed E-state index contributed by atoms with van der Waals surface area (Å²) >= 11 is 0. The van der Waals surface area contributed by atoms with Crippen LogP contribution in [0.3, 0.4) is 0 Å². The molecule has 2 rings (SSSR count). The molecule has 96 valence electrons. The van der Waals surface area contributed by atoms with E-state index in [9.17, 15) is 0 Å². The Balaban J connectivity index is 1.75. The molecule has 1 aromatic heterocycles. The first-order chi connectivity index (χ1) is 8.88. The summed E-state index contributed by atoms with van der Waals surface area (Å²) < 4.78 is 2.29. The summed E-state index contributed by atoms with van der Waals surface area (Å²) in [6.45, 7) is 5.24. The van der Waals surface area contributed by atoms with Crippen LogP contribution in [0.25, 0.3) is 0 Å². The number of aromatic nitrogens is 1. The van der Waals surface area contributed by atoms with Crippen LogP contribution in [0.4, 0.5) is 0 Å². The molecule has 0 atom stereocenters. The monoisotopic (exact) mass is 242 g/mol. The molecule has 0 aliphatic heterocycles. The highest BCUT2D eigenvalue weighted by molar-refractivity contribution is 5.14. The third kappa shape index (κ3) is 4.04. The minimum Gasteiger partial charge on any atom is -0.354 e. The maximum absolute atomic E-state index is 3.35. The van der Waals surface area contributed by atoms with Gasteiger partial charge in [0.1, 0.15) is 0 Å². The van der Waals surface area contributed by atoms with Crippen molar-refractivity contribution in [1.82, 2.24) is 9.88 Å². The number of nitrogens with zero attached hydrogens (tertiary/aromatic N) is 1. The maximum Gasteiger partial charge on any atom is 0.0222 e. The van der Waals surface area contributed by atoms with Crippen molar-refractivity contribution in [3.05, 3.63) is 59.9 Å². The van der Waals surface area contributed by atoms with Crippen molar-refractivity contribution in [1.29, 1.82) is 0 Å². The number of nitrogens with one attached hydrogen (secondary N) is 1. The van der Waals surface area contributed by atoms with E-state index in [2.05, 4.69) is 65.6 Å². The molecule has 0 aliphatic rings. The lowest BCUT2D eigenvalue weighted by molar-refractivity contribution is 0.641. The SMILES string of the molecule is CCNCc1ccn(CCCc2ccccc2)c1. The molecule has 2 heteroatoms. The molecule has 0 saturated carbocycles. The van der Waals surface area contributed by atoms with Crippen LogP contribution < -0.4 is 5.32 Å². The van der Waals surface area contributed by atoms with Gasteiger partial charge in [0.2, 0.25) is 0 Å². The van der Waals surface area contributed by atoms with Gasteiger partial charge in [-0.3, -0.25) is 0 Å². The minimum absolute atomic E-state index is 0.974. The first-order valence-electron chi connectivity index (χ1n) is 6.78. The van der Waals surface area contributed by atoms with Gasteiger partial charge >= 0.3 is 0 Å². The molecule has 1 aromatic carbocycles. The molecule has 0 spiro atoms.